The first-order valence-corrected chi connectivity index (χ1v) is 12.0. The van der Waals surface area contributed by atoms with Gasteiger partial charge in [0.2, 0.25) is 5.91 Å². The lowest BCUT2D eigenvalue weighted by Gasteiger charge is -2.30. The molecule has 0 bridgehead atoms. The highest BCUT2D eigenvalue weighted by Gasteiger charge is 2.36. The van der Waals surface area contributed by atoms with Crippen LogP contribution in [0.4, 0.5) is 10.5 Å². The minimum Gasteiger partial charge on any atom is -0.508 e. The van der Waals surface area contributed by atoms with Crippen molar-refractivity contribution in [1.82, 2.24) is 10.2 Å². The lowest BCUT2D eigenvalue weighted by Crippen LogP contribution is -2.51. The monoisotopic (exact) mass is 522 g/mol. The summed E-state index contributed by atoms with van der Waals surface area (Å²) in [4.78, 5) is 52.1. The summed E-state index contributed by atoms with van der Waals surface area (Å²) in [6.07, 6.45) is 4.45. The number of carbonyl (C=O) groups is 4. The summed E-state index contributed by atoms with van der Waals surface area (Å²) in [6, 6.07) is 11.1. The Labute approximate surface area is 222 Å². The number of hydrogen-bond acceptors (Lipinski definition) is 6. The first kappa shape index (κ1) is 29.7. The largest absolute Gasteiger partial charge is 0.508 e. The summed E-state index contributed by atoms with van der Waals surface area (Å²) < 4.78 is 5.26. The summed E-state index contributed by atoms with van der Waals surface area (Å²) in [6.45, 7) is 8.40. The van der Waals surface area contributed by atoms with Crippen LogP contribution in [0.15, 0.2) is 42.5 Å². The molecular formula is C28H34N4O6. The van der Waals surface area contributed by atoms with Crippen molar-refractivity contribution in [2.45, 2.75) is 65.1 Å². The number of terminal acetylenes is 1. The van der Waals surface area contributed by atoms with Crippen LogP contribution in [0.25, 0.3) is 0 Å². The van der Waals surface area contributed by atoms with Gasteiger partial charge in [0.25, 0.3) is 11.8 Å². The number of ether oxygens (including phenoxy) is 1. The number of amides is 4. The Morgan fingerprint density at radius 1 is 1.11 bits per heavy atom. The quantitative estimate of drug-likeness (QED) is 0.293. The molecule has 5 N–H and O–H groups in total. The lowest BCUT2D eigenvalue weighted by molar-refractivity contribution is -0.137. The normalized spacial score (nSPS) is 12.4. The van der Waals surface area contributed by atoms with Gasteiger partial charge in [0.05, 0.1) is 0 Å². The molecule has 202 valence electrons. The standard InChI is InChI=1S/C28H34N4O6/c1-7-32(26(36)21(13-15-23(29)34)31-27(37)38-28(4,5)6)24(19-12-14-22(33)18(3)16-19)25(35)30-20-11-9-8-10-17(20)2/h1,8-12,14,16,21,24,33H,13,15H2,2-6H3,(H2,29,34)(H,30,35)(H,31,37). The highest BCUT2D eigenvalue weighted by atomic mass is 16.6. The van der Waals surface area contributed by atoms with Gasteiger partial charge in [0.1, 0.15) is 23.4 Å². The van der Waals surface area contributed by atoms with Crippen LogP contribution < -0.4 is 16.4 Å². The highest BCUT2D eigenvalue weighted by Crippen LogP contribution is 2.28. The topological polar surface area (TPSA) is 151 Å². The van der Waals surface area contributed by atoms with Crippen LogP contribution in [-0.4, -0.2) is 45.5 Å². The van der Waals surface area contributed by atoms with Crippen LogP contribution in [-0.2, 0) is 19.1 Å². The Balaban J connectivity index is 2.51. The van der Waals surface area contributed by atoms with Gasteiger partial charge in [-0.05, 0) is 75.9 Å². The Morgan fingerprint density at radius 3 is 2.32 bits per heavy atom. The summed E-state index contributed by atoms with van der Waals surface area (Å²) in [5.74, 6) is -2.14. The molecule has 0 heterocycles. The van der Waals surface area contributed by atoms with E-state index in [1.54, 1.807) is 39.8 Å². The van der Waals surface area contributed by atoms with Crippen molar-refractivity contribution in [2.24, 2.45) is 5.73 Å². The molecule has 0 spiro atoms. The number of nitrogens with zero attached hydrogens (tertiary/aromatic N) is 1. The van der Waals surface area contributed by atoms with Gasteiger partial charge in [-0.1, -0.05) is 30.7 Å². The fraction of sp³-hybridized carbons (Fsp3) is 0.357. The van der Waals surface area contributed by atoms with Crippen molar-refractivity contribution in [1.29, 1.82) is 0 Å². The molecule has 0 aliphatic heterocycles. The molecular weight excluding hydrogens is 488 g/mol. The second-order valence-electron chi connectivity index (χ2n) is 9.79. The molecule has 0 radical (unpaired) electrons. The van der Waals surface area contributed by atoms with Crippen LogP contribution in [0.5, 0.6) is 5.75 Å². The van der Waals surface area contributed by atoms with E-state index in [4.69, 9.17) is 16.9 Å². The Morgan fingerprint density at radius 2 is 1.76 bits per heavy atom. The molecule has 10 nitrogen and oxygen atoms in total. The van der Waals surface area contributed by atoms with Crippen molar-refractivity contribution in [3.8, 4) is 18.2 Å². The molecule has 2 unspecified atom stereocenters. The maximum Gasteiger partial charge on any atom is 0.408 e. The van der Waals surface area contributed by atoms with E-state index in [-0.39, 0.29) is 18.6 Å². The molecule has 2 aromatic carbocycles. The third-order valence-electron chi connectivity index (χ3n) is 5.49. The third kappa shape index (κ3) is 8.27. The molecule has 0 saturated carbocycles. The first-order valence-electron chi connectivity index (χ1n) is 12.0. The number of benzene rings is 2. The number of rotatable bonds is 9. The molecule has 2 atom stereocenters. The molecule has 0 aromatic heterocycles. The molecule has 0 fully saturated rings. The second kappa shape index (κ2) is 12.6. The zero-order valence-corrected chi connectivity index (χ0v) is 22.2. The zero-order chi connectivity index (χ0) is 28.6. The van der Waals surface area contributed by atoms with Crippen molar-refractivity contribution < 1.29 is 29.0 Å². The highest BCUT2D eigenvalue weighted by molar-refractivity contribution is 6.00. The van der Waals surface area contributed by atoms with E-state index in [0.29, 0.717) is 16.8 Å². The van der Waals surface area contributed by atoms with Crippen LogP contribution >= 0.6 is 0 Å². The van der Waals surface area contributed by atoms with Gasteiger partial charge in [-0.2, -0.15) is 0 Å². The van der Waals surface area contributed by atoms with Crippen molar-refractivity contribution in [2.75, 3.05) is 5.32 Å². The van der Waals surface area contributed by atoms with Crippen molar-refractivity contribution in [3.05, 3.63) is 59.2 Å². The summed E-state index contributed by atoms with van der Waals surface area (Å²) >= 11 is 0. The van der Waals surface area contributed by atoms with Gasteiger partial charge < -0.3 is 26.2 Å². The lowest BCUT2D eigenvalue weighted by atomic mass is 9.99. The van der Waals surface area contributed by atoms with Crippen molar-refractivity contribution in [3.63, 3.8) is 0 Å². The molecule has 0 aliphatic rings. The number of carbonyl (C=O) groups excluding carboxylic acids is 4. The average molecular weight is 523 g/mol. The number of nitrogens with two attached hydrogens (primary N) is 1. The molecule has 0 aliphatic carbocycles. The van der Waals surface area contributed by atoms with E-state index in [9.17, 15) is 24.3 Å². The predicted molar refractivity (Wildman–Crippen MR) is 143 cm³/mol. The molecule has 38 heavy (non-hydrogen) atoms. The second-order valence-corrected chi connectivity index (χ2v) is 9.79. The first-order chi connectivity index (χ1) is 17.7. The summed E-state index contributed by atoms with van der Waals surface area (Å²) in [7, 11) is 0. The molecule has 2 rings (SSSR count). The molecule has 10 heteroatoms. The van der Waals surface area contributed by atoms with Crippen LogP contribution in [0.1, 0.15) is 56.3 Å². The Kier molecular flexibility index (Phi) is 9.88. The smallest absolute Gasteiger partial charge is 0.408 e. The predicted octanol–water partition coefficient (Wildman–Crippen LogP) is 3.27. The summed E-state index contributed by atoms with van der Waals surface area (Å²) in [5.41, 5.74) is 6.50. The number of anilines is 1. The van der Waals surface area contributed by atoms with E-state index in [1.165, 1.54) is 18.2 Å². The van der Waals surface area contributed by atoms with Crippen LogP contribution in [0, 0.1) is 26.3 Å². The number of nitrogens with one attached hydrogen (secondary N) is 2. The molecule has 4 amide bonds. The van der Waals surface area contributed by atoms with Gasteiger partial charge in [-0.15, -0.1) is 0 Å². The number of aryl methyl sites for hydroxylation is 2. The van der Waals surface area contributed by atoms with E-state index in [1.807, 2.05) is 19.1 Å². The molecule has 0 saturated heterocycles. The number of alkyl carbamates (subject to hydrolysis) is 1. The minimum absolute atomic E-state index is 0.00340. The average Bonchev–Trinajstić information content (AvgIpc) is 2.81. The third-order valence-corrected chi connectivity index (χ3v) is 5.49. The zero-order valence-electron chi connectivity index (χ0n) is 22.2. The minimum atomic E-state index is -1.34. The summed E-state index contributed by atoms with van der Waals surface area (Å²) in [5, 5.41) is 15.3. The molecule has 2 aromatic rings. The van der Waals surface area contributed by atoms with Crippen molar-refractivity contribution >= 4 is 29.5 Å². The van der Waals surface area contributed by atoms with E-state index in [0.717, 1.165) is 10.5 Å². The Bertz CT molecular complexity index is 1240. The van der Waals surface area contributed by atoms with Crippen LogP contribution in [0.3, 0.4) is 0 Å². The maximum atomic E-state index is 13.7. The number of phenolic OH excluding ortho intramolecular Hbond substituents is 1. The van der Waals surface area contributed by atoms with E-state index < -0.39 is 41.5 Å². The number of para-hydroxylation sites is 1. The number of phenols is 1. The fourth-order valence-corrected chi connectivity index (χ4v) is 3.61. The van der Waals surface area contributed by atoms with Gasteiger partial charge in [0.15, 0.2) is 0 Å². The van der Waals surface area contributed by atoms with Gasteiger partial charge in [0, 0.05) is 18.2 Å². The SMILES string of the molecule is C#CN(C(=O)C(CCC(N)=O)NC(=O)OC(C)(C)C)C(C(=O)Nc1ccccc1C)c1ccc(O)c(C)c1. The number of primary amides is 1. The fourth-order valence-electron chi connectivity index (χ4n) is 3.61. The van der Waals surface area contributed by atoms with Gasteiger partial charge >= 0.3 is 6.09 Å². The van der Waals surface area contributed by atoms with Crippen LogP contribution in [0.2, 0.25) is 0 Å². The van der Waals surface area contributed by atoms with E-state index >= 15 is 0 Å². The Hall–Kier alpha value is -4.52. The van der Waals surface area contributed by atoms with E-state index in [2.05, 4.69) is 16.7 Å². The maximum absolute atomic E-state index is 13.7. The van der Waals surface area contributed by atoms with Gasteiger partial charge in [-0.25, -0.2) is 4.79 Å². The number of hydrogen-bond donors (Lipinski definition) is 4. The van der Waals surface area contributed by atoms with Gasteiger partial charge in [-0.3, -0.25) is 19.3 Å². The number of aromatic hydroxyl groups is 1.